The number of nitrogens with one attached hydrogen (secondary N) is 2. The number of thioether (sulfide) groups is 1. The number of rotatable bonds is 5. The summed E-state index contributed by atoms with van der Waals surface area (Å²) in [6, 6.07) is 11.8. The number of amides is 1. The molecule has 8 heteroatoms. The first-order valence-electron chi connectivity index (χ1n) is 9.97. The van der Waals surface area contributed by atoms with E-state index < -0.39 is 5.25 Å². The smallest absolute Gasteiger partial charge is 0.240 e. The predicted octanol–water partition coefficient (Wildman–Crippen LogP) is 4.38. The van der Waals surface area contributed by atoms with Gasteiger partial charge in [0, 0.05) is 12.1 Å². The Kier molecular flexibility index (Phi) is 5.76. The topological polar surface area (TPSA) is 71.8 Å². The molecular formula is C22H24FN5OS. The Labute approximate surface area is 179 Å². The summed E-state index contributed by atoms with van der Waals surface area (Å²) in [4.78, 5) is 13.3. The maximum atomic E-state index is 13.5. The third-order valence-electron chi connectivity index (χ3n) is 5.10. The molecule has 0 spiro atoms. The minimum absolute atomic E-state index is 0.139. The number of carbonyl (C=O) groups is 1. The predicted molar refractivity (Wildman–Crippen MR) is 117 cm³/mol. The molecule has 156 valence electrons. The number of carbonyl (C=O) groups excluding carboxylic acids is 1. The van der Waals surface area contributed by atoms with Gasteiger partial charge in [0.05, 0.1) is 6.04 Å². The van der Waals surface area contributed by atoms with Crippen molar-refractivity contribution in [2.24, 2.45) is 0 Å². The number of hydrogen-bond donors (Lipinski definition) is 2. The minimum atomic E-state index is -0.498. The van der Waals surface area contributed by atoms with Crippen LogP contribution in [0.25, 0.3) is 0 Å². The van der Waals surface area contributed by atoms with Gasteiger partial charge >= 0.3 is 0 Å². The van der Waals surface area contributed by atoms with Crippen LogP contribution in [0.15, 0.2) is 47.6 Å². The lowest BCUT2D eigenvalue weighted by atomic mass is 10.0. The molecule has 0 radical (unpaired) electrons. The molecule has 30 heavy (non-hydrogen) atoms. The molecule has 2 N–H and O–H groups in total. The van der Waals surface area contributed by atoms with E-state index >= 15 is 0 Å². The largest absolute Gasteiger partial charge is 0.325 e. The molecular weight excluding hydrogens is 401 g/mol. The zero-order chi connectivity index (χ0) is 21.3. The molecule has 1 aliphatic heterocycles. The second kappa shape index (κ2) is 8.47. The van der Waals surface area contributed by atoms with Gasteiger partial charge in [-0.15, -0.1) is 10.2 Å². The molecule has 4 rings (SSSR count). The molecule has 0 saturated carbocycles. The van der Waals surface area contributed by atoms with E-state index in [0.717, 1.165) is 41.0 Å². The summed E-state index contributed by atoms with van der Waals surface area (Å²) in [7, 11) is 0. The first-order chi connectivity index (χ1) is 14.5. The number of aromatic nitrogens is 3. The highest BCUT2D eigenvalue weighted by Gasteiger charge is 2.37. The van der Waals surface area contributed by atoms with Gasteiger partial charge in [0.1, 0.15) is 11.1 Å². The first kappa shape index (κ1) is 20.4. The summed E-state index contributed by atoms with van der Waals surface area (Å²) >= 11 is 1.37. The zero-order valence-corrected chi connectivity index (χ0v) is 18.0. The van der Waals surface area contributed by atoms with Crippen LogP contribution in [0.5, 0.6) is 0 Å². The van der Waals surface area contributed by atoms with Gasteiger partial charge in [-0.05, 0) is 49.6 Å². The molecule has 0 saturated heterocycles. The molecule has 1 aliphatic rings. The van der Waals surface area contributed by atoms with E-state index in [1.165, 1.54) is 23.9 Å². The van der Waals surface area contributed by atoms with Gasteiger partial charge in [-0.1, -0.05) is 48.5 Å². The van der Waals surface area contributed by atoms with Gasteiger partial charge in [-0.25, -0.2) is 9.07 Å². The van der Waals surface area contributed by atoms with Gasteiger partial charge in [-0.2, -0.15) is 0 Å². The molecule has 1 aromatic heterocycles. The Balaban J connectivity index is 1.67. The van der Waals surface area contributed by atoms with Crippen LogP contribution in [0.1, 0.15) is 41.9 Å². The lowest BCUT2D eigenvalue weighted by Gasteiger charge is -2.33. The molecule has 2 atom stereocenters. The van der Waals surface area contributed by atoms with Crippen LogP contribution >= 0.6 is 11.8 Å². The van der Waals surface area contributed by atoms with Crippen LogP contribution in [0.4, 0.5) is 10.1 Å². The fourth-order valence-electron chi connectivity index (χ4n) is 3.56. The van der Waals surface area contributed by atoms with Crippen LogP contribution < -0.4 is 10.7 Å². The van der Waals surface area contributed by atoms with Crippen molar-refractivity contribution in [3.05, 3.63) is 70.8 Å². The SMILES string of the molecule is CCCc1nnc2n1N[C@H](c1ccc(F)cc1)[C@H](C(=O)Nc1ccc(C)cc1C)S2. The van der Waals surface area contributed by atoms with E-state index in [0.29, 0.717) is 5.16 Å². The molecule has 0 bridgehead atoms. The van der Waals surface area contributed by atoms with Crippen LogP contribution in [-0.2, 0) is 11.2 Å². The number of halogens is 1. The molecule has 0 aliphatic carbocycles. The summed E-state index contributed by atoms with van der Waals surface area (Å²) in [5.41, 5.74) is 7.14. The number of anilines is 1. The maximum Gasteiger partial charge on any atom is 0.240 e. The van der Waals surface area contributed by atoms with Crippen molar-refractivity contribution in [1.29, 1.82) is 0 Å². The highest BCUT2D eigenvalue weighted by atomic mass is 32.2. The second-order valence-corrected chi connectivity index (χ2v) is 8.60. The molecule has 1 amide bonds. The Morgan fingerprint density at radius 3 is 2.67 bits per heavy atom. The minimum Gasteiger partial charge on any atom is -0.325 e. The van der Waals surface area contributed by atoms with E-state index in [1.54, 1.807) is 12.1 Å². The van der Waals surface area contributed by atoms with Crippen LogP contribution in [0.3, 0.4) is 0 Å². The van der Waals surface area contributed by atoms with E-state index in [4.69, 9.17) is 0 Å². The second-order valence-electron chi connectivity index (χ2n) is 7.49. The number of hydrogen-bond acceptors (Lipinski definition) is 5. The number of benzene rings is 2. The van der Waals surface area contributed by atoms with Gasteiger partial charge in [0.15, 0.2) is 5.82 Å². The van der Waals surface area contributed by atoms with Crippen molar-refractivity contribution in [2.75, 3.05) is 10.7 Å². The molecule has 0 unspecified atom stereocenters. The summed E-state index contributed by atoms with van der Waals surface area (Å²) in [5, 5.41) is 11.7. The van der Waals surface area contributed by atoms with Crippen LogP contribution in [0.2, 0.25) is 0 Å². The van der Waals surface area contributed by atoms with Crippen LogP contribution in [0, 0.1) is 19.7 Å². The average Bonchev–Trinajstić information content (AvgIpc) is 3.12. The van der Waals surface area contributed by atoms with E-state index in [9.17, 15) is 9.18 Å². The van der Waals surface area contributed by atoms with Crippen molar-refractivity contribution >= 4 is 23.4 Å². The van der Waals surface area contributed by atoms with E-state index in [2.05, 4.69) is 27.9 Å². The Morgan fingerprint density at radius 2 is 1.97 bits per heavy atom. The van der Waals surface area contributed by atoms with Gasteiger partial charge in [-0.3, -0.25) is 4.79 Å². The number of aryl methyl sites for hydroxylation is 3. The first-order valence-corrected chi connectivity index (χ1v) is 10.9. The third kappa shape index (κ3) is 4.05. The quantitative estimate of drug-likeness (QED) is 0.635. The highest BCUT2D eigenvalue weighted by molar-refractivity contribution is 8.00. The Bertz CT molecular complexity index is 1070. The Morgan fingerprint density at radius 1 is 1.20 bits per heavy atom. The molecule has 6 nitrogen and oxygen atoms in total. The van der Waals surface area contributed by atoms with E-state index in [-0.39, 0.29) is 17.8 Å². The lowest BCUT2D eigenvalue weighted by molar-refractivity contribution is -0.116. The number of fused-ring (bicyclic) bond motifs is 1. The summed E-state index contributed by atoms with van der Waals surface area (Å²) < 4.78 is 15.3. The van der Waals surface area contributed by atoms with E-state index in [1.807, 2.05) is 36.7 Å². The summed E-state index contributed by atoms with van der Waals surface area (Å²) in [6.07, 6.45) is 1.71. The zero-order valence-electron chi connectivity index (χ0n) is 17.1. The van der Waals surface area contributed by atoms with Gasteiger partial charge < -0.3 is 10.7 Å². The summed E-state index contributed by atoms with van der Waals surface area (Å²) in [6.45, 7) is 6.07. The molecule has 2 aromatic carbocycles. The molecule has 0 fully saturated rings. The van der Waals surface area contributed by atoms with Crippen molar-refractivity contribution in [2.45, 2.75) is 50.1 Å². The molecule has 3 aromatic rings. The molecule has 2 heterocycles. The summed E-state index contributed by atoms with van der Waals surface area (Å²) in [5.74, 6) is 0.371. The monoisotopic (exact) mass is 425 g/mol. The van der Waals surface area contributed by atoms with Gasteiger partial charge in [0.2, 0.25) is 11.1 Å². The Hall–Kier alpha value is -2.87. The van der Waals surface area contributed by atoms with Crippen molar-refractivity contribution in [3.63, 3.8) is 0 Å². The number of nitrogens with zero attached hydrogens (tertiary/aromatic N) is 3. The maximum absolute atomic E-state index is 13.5. The third-order valence-corrected chi connectivity index (χ3v) is 6.32. The van der Waals surface area contributed by atoms with Crippen molar-refractivity contribution in [1.82, 2.24) is 14.9 Å². The van der Waals surface area contributed by atoms with Crippen LogP contribution in [-0.4, -0.2) is 26.0 Å². The van der Waals surface area contributed by atoms with Crippen molar-refractivity contribution in [3.8, 4) is 0 Å². The fraction of sp³-hybridized carbons (Fsp3) is 0.318. The fourth-order valence-corrected chi connectivity index (χ4v) is 4.66. The normalized spacial score (nSPS) is 17.9. The van der Waals surface area contributed by atoms with Crippen molar-refractivity contribution < 1.29 is 9.18 Å². The highest BCUT2D eigenvalue weighted by Crippen LogP contribution is 2.38. The average molecular weight is 426 g/mol. The lowest BCUT2D eigenvalue weighted by Crippen LogP contribution is -2.41. The van der Waals surface area contributed by atoms with Gasteiger partial charge in [0.25, 0.3) is 0 Å². The standard InChI is InChI=1S/C22H24FN5OS/c1-4-5-18-25-26-22-28(18)27-19(15-7-9-16(23)10-8-15)20(30-22)21(29)24-17-11-6-13(2)12-14(17)3/h6-12,19-20,27H,4-5H2,1-3H3,(H,24,29)/t19-,20-/m1/s1.